The maximum atomic E-state index is 13.3. The molecule has 0 saturated carbocycles. The molecule has 20 heavy (non-hydrogen) atoms. The molecule has 0 aliphatic carbocycles. The van der Waals surface area contributed by atoms with E-state index in [1.807, 2.05) is 24.3 Å². The van der Waals surface area contributed by atoms with Crippen LogP contribution in [0.4, 0.5) is 4.39 Å². The summed E-state index contributed by atoms with van der Waals surface area (Å²) in [5.74, 6) is 0.397. The van der Waals surface area contributed by atoms with Gasteiger partial charge < -0.3 is 0 Å². The smallest absolute Gasteiger partial charge is 0.123 e. The van der Waals surface area contributed by atoms with Gasteiger partial charge in [0, 0.05) is 15.9 Å². The number of benzene rings is 2. The van der Waals surface area contributed by atoms with Crippen molar-refractivity contribution in [1.82, 2.24) is 0 Å². The Morgan fingerprint density at radius 2 is 1.80 bits per heavy atom. The van der Waals surface area contributed by atoms with Crippen molar-refractivity contribution in [2.45, 2.75) is 12.8 Å². The lowest BCUT2D eigenvalue weighted by Gasteiger charge is -2.15. The molecule has 2 aromatic carbocycles. The van der Waals surface area contributed by atoms with Crippen LogP contribution < -0.4 is 0 Å². The third-order valence-electron chi connectivity index (χ3n) is 3.15. The second-order valence-electron chi connectivity index (χ2n) is 4.79. The number of rotatable bonds is 5. The predicted octanol–water partition coefficient (Wildman–Crippen LogP) is 5.77. The minimum absolute atomic E-state index is 0.189. The van der Waals surface area contributed by atoms with Crippen LogP contribution in [0.2, 0.25) is 10.0 Å². The van der Waals surface area contributed by atoms with Crippen LogP contribution in [0.25, 0.3) is 0 Å². The first-order chi connectivity index (χ1) is 9.58. The Morgan fingerprint density at radius 1 is 1.00 bits per heavy atom. The lowest BCUT2D eigenvalue weighted by atomic mass is 9.94. The molecule has 0 fully saturated rings. The van der Waals surface area contributed by atoms with E-state index in [-0.39, 0.29) is 11.7 Å². The monoisotopic (exact) mass is 330 g/mol. The fraction of sp³-hybridized carbons (Fsp3) is 0.250. The topological polar surface area (TPSA) is 0 Å². The zero-order valence-corrected chi connectivity index (χ0v) is 13.0. The van der Waals surface area contributed by atoms with Gasteiger partial charge in [-0.1, -0.05) is 35.3 Å². The van der Waals surface area contributed by atoms with Crippen molar-refractivity contribution in [2.24, 2.45) is 5.92 Å². The van der Waals surface area contributed by atoms with E-state index in [0.717, 1.165) is 17.5 Å². The van der Waals surface area contributed by atoms with Crippen molar-refractivity contribution < 1.29 is 4.39 Å². The maximum absolute atomic E-state index is 13.3. The van der Waals surface area contributed by atoms with E-state index in [9.17, 15) is 4.39 Å². The number of hydrogen-bond acceptors (Lipinski definition) is 0. The van der Waals surface area contributed by atoms with Crippen molar-refractivity contribution in [2.75, 3.05) is 5.88 Å². The molecule has 2 aromatic rings. The summed E-state index contributed by atoms with van der Waals surface area (Å²) in [6, 6.07) is 12.1. The number of alkyl halides is 1. The summed E-state index contributed by atoms with van der Waals surface area (Å²) in [5, 5.41) is 1.28. The van der Waals surface area contributed by atoms with E-state index in [1.165, 1.54) is 12.1 Å². The van der Waals surface area contributed by atoms with Gasteiger partial charge in [-0.05, 0) is 60.2 Å². The molecular weight excluding hydrogens is 318 g/mol. The van der Waals surface area contributed by atoms with Gasteiger partial charge in [0.2, 0.25) is 0 Å². The maximum Gasteiger partial charge on any atom is 0.123 e. The molecule has 0 nitrogen and oxygen atoms in total. The van der Waals surface area contributed by atoms with Crippen molar-refractivity contribution in [1.29, 1.82) is 0 Å². The summed E-state index contributed by atoms with van der Waals surface area (Å²) in [6.07, 6.45) is 1.43. The highest BCUT2D eigenvalue weighted by Gasteiger charge is 2.13. The Hall–Kier alpha value is -0.760. The number of halogens is 4. The largest absolute Gasteiger partial charge is 0.207 e. The molecule has 0 N–H and O–H groups in total. The molecule has 106 valence electrons. The Bertz CT molecular complexity index is 584. The van der Waals surface area contributed by atoms with Crippen LogP contribution >= 0.6 is 34.8 Å². The van der Waals surface area contributed by atoms with E-state index in [1.54, 1.807) is 6.07 Å². The first kappa shape index (κ1) is 15.6. The standard InChI is InChI=1S/C16H14Cl3F/c17-10-12(6-11-2-1-3-14(18)8-11)7-13-9-15(20)4-5-16(13)19/h1-5,8-9,12H,6-7,10H2. The first-order valence-electron chi connectivity index (χ1n) is 6.33. The molecule has 0 saturated heterocycles. The summed E-state index contributed by atoms with van der Waals surface area (Å²) in [7, 11) is 0. The van der Waals surface area contributed by atoms with Gasteiger partial charge in [-0.3, -0.25) is 0 Å². The van der Waals surface area contributed by atoms with Crippen LogP contribution in [0.15, 0.2) is 42.5 Å². The fourth-order valence-electron chi connectivity index (χ4n) is 2.19. The zero-order valence-electron chi connectivity index (χ0n) is 10.8. The molecule has 0 heterocycles. The minimum Gasteiger partial charge on any atom is -0.207 e. The highest BCUT2D eigenvalue weighted by Crippen LogP contribution is 2.24. The normalized spacial score (nSPS) is 12.4. The molecule has 0 aliphatic heterocycles. The molecule has 0 radical (unpaired) electrons. The minimum atomic E-state index is -0.277. The van der Waals surface area contributed by atoms with E-state index >= 15 is 0 Å². The van der Waals surface area contributed by atoms with Crippen LogP contribution in [-0.2, 0) is 12.8 Å². The summed E-state index contributed by atoms with van der Waals surface area (Å²) in [6.45, 7) is 0. The molecule has 2 rings (SSSR count). The average molecular weight is 332 g/mol. The summed E-state index contributed by atoms with van der Waals surface area (Å²) < 4.78 is 13.3. The molecule has 1 atom stereocenters. The summed E-state index contributed by atoms with van der Waals surface area (Å²) in [4.78, 5) is 0. The Balaban J connectivity index is 2.11. The van der Waals surface area contributed by atoms with Crippen molar-refractivity contribution in [3.63, 3.8) is 0 Å². The van der Waals surface area contributed by atoms with Gasteiger partial charge in [0.15, 0.2) is 0 Å². The zero-order chi connectivity index (χ0) is 14.5. The molecule has 0 spiro atoms. The lowest BCUT2D eigenvalue weighted by Crippen LogP contribution is -2.10. The van der Waals surface area contributed by atoms with Gasteiger partial charge in [-0.25, -0.2) is 4.39 Å². The van der Waals surface area contributed by atoms with Crippen molar-refractivity contribution in [3.8, 4) is 0 Å². The fourth-order valence-corrected chi connectivity index (χ4v) is 2.82. The quantitative estimate of drug-likeness (QED) is 0.610. The van der Waals surface area contributed by atoms with Crippen LogP contribution in [-0.4, -0.2) is 5.88 Å². The van der Waals surface area contributed by atoms with Crippen LogP contribution in [0.5, 0.6) is 0 Å². The van der Waals surface area contributed by atoms with Crippen LogP contribution in [0.3, 0.4) is 0 Å². The average Bonchev–Trinajstić information content (AvgIpc) is 2.42. The van der Waals surface area contributed by atoms with Gasteiger partial charge in [-0.2, -0.15) is 0 Å². The highest BCUT2D eigenvalue weighted by molar-refractivity contribution is 6.31. The van der Waals surface area contributed by atoms with Gasteiger partial charge >= 0.3 is 0 Å². The van der Waals surface area contributed by atoms with E-state index in [4.69, 9.17) is 34.8 Å². The van der Waals surface area contributed by atoms with Gasteiger partial charge in [0.25, 0.3) is 0 Å². The molecule has 0 aliphatic rings. The summed E-state index contributed by atoms with van der Waals surface area (Å²) in [5.41, 5.74) is 1.91. The molecule has 4 heteroatoms. The Morgan fingerprint density at radius 3 is 2.50 bits per heavy atom. The molecule has 1 unspecified atom stereocenters. The molecule has 0 aromatic heterocycles. The second kappa shape index (κ2) is 7.31. The van der Waals surface area contributed by atoms with Gasteiger partial charge in [0.1, 0.15) is 5.82 Å². The van der Waals surface area contributed by atoms with Gasteiger partial charge in [0.05, 0.1) is 0 Å². The van der Waals surface area contributed by atoms with E-state index < -0.39 is 0 Å². The van der Waals surface area contributed by atoms with Crippen LogP contribution in [0, 0.1) is 11.7 Å². The van der Waals surface area contributed by atoms with Gasteiger partial charge in [-0.15, -0.1) is 11.6 Å². The molecule has 0 bridgehead atoms. The summed E-state index contributed by atoms with van der Waals surface area (Å²) >= 11 is 18.1. The van der Waals surface area contributed by atoms with Crippen molar-refractivity contribution >= 4 is 34.8 Å². The van der Waals surface area contributed by atoms with E-state index in [2.05, 4.69) is 0 Å². The van der Waals surface area contributed by atoms with E-state index in [0.29, 0.717) is 22.3 Å². The second-order valence-corrected chi connectivity index (χ2v) is 5.95. The highest BCUT2D eigenvalue weighted by atomic mass is 35.5. The first-order valence-corrected chi connectivity index (χ1v) is 7.62. The molecule has 0 amide bonds. The molecular formula is C16H14Cl3F. The Kier molecular flexibility index (Phi) is 5.71. The lowest BCUT2D eigenvalue weighted by molar-refractivity contribution is 0.576. The predicted molar refractivity (Wildman–Crippen MR) is 84.5 cm³/mol. The number of hydrogen-bond donors (Lipinski definition) is 0. The SMILES string of the molecule is Fc1ccc(Cl)c(CC(CCl)Cc2cccc(Cl)c2)c1. The third-order valence-corrected chi connectivity index (χ3v) is 4.19. The van der Waals surface area contributed by atoms with Crippen LogP contribution in [0.1, 0.15) is 11.1 Å². The third kappa shape index (κ3) is 4.37. The van der Waals surface area contributed by atoms with Crippen molar-refractivity contribution in [3.05, 3.63) is 69.5 Å². The Labute approximate surface area is 133 Å².